The molecule has 0 aromatic heterocycles. The maximum Gasteiger partial charge on any atom is 0.243 e. The Kier molecular flexibility index (Phi) is 6.46. The van der Waals surface area contributed by atoms with Gasteiger partial charge in [-0.05, 0) is 48.6 Å². The summed E-state index contributed by atoms with van der Waals surface area (Å²) in [7, 11) is -3.73. The third-order valence-electron chi connectivity index (χ3n) is 5.16. The van der Waals surface area contributed by atoms with Crippen molar-refractivity contribution in [2.24, 2.45) is 5.92 Å². The minimum absolute atomic E-state index is 0.0488. The summed E-state index contributed by atoms with van der Waals surface area (Å²) in [4.78, 5) is 12.7. The van der Waals surface area contributed by atoms with E-state index in [1.54, 1.807) is 0 Å². The molecule has 0 unspecified atom stereocenters. The van der Waals surface area contributed by atoms with Crippen LogP contribution in [0.3, 0.4) is 0 Å². The van der Waals surface area contributed by atoms with Gasteiger partial charge in [-0.1, -0.05) is 37.3 Å². The Bertz CT molecular complexity index is 901. The average Bonchev–Trinajstić information content (AvgIpc) is 2.72. The lowest BCUT2D eigenvalue weighted by Gasteiger charge is -2.31. The normalized spacial score (nSPS) is 19.1. The van der Waals surface area contributed by atoms with E-state index in [9.17, 15) is 17.6 Å². The Morgan fingerprint density at radius 2 is 1.86 bits per heavy atom. The molecule has 0 aliphatic carbocycles. The van der Waals surface area contributed by atoms with Crippen molar-refractivity contribution < 1.29 is 17.6 Å². The molecule has 1 saturated heterocycles. The second kappa shape index (κ2) is 8.84. The van der Waals surface area contributed by atoms with Crippen LogP contribution in [0.5, 0.6) is 0 Å². The summed E-state index contributed by atoms with van der Waals surface area (Å²) in [6.45, 7) is 3.06. The first-order valence-corrected chi connectivity index (χ1v) is 10.9. The zero-order valence-electron chi connectivity index (χ0n) is 15.8. The molecule has 150 valence electrons. The number of nitrogens with zero attached hydrogens (tertiary/aromatic N) is 1. The fourth-order valence-corrected chi connectivity index (χ4v) is 4.95. The number of amides is 1. The quantitative estimate of drug-likeness (QED) is 0.804. The van der Waals surface area contributed by atoms with Crippen LogP contribution in [0.1, 0.15) is 31.2 Å². The molecule has 7 heteroatoms. The van der Waals surface area contributed by atoms with Crippen LogP contribution in [-0.4, -0.2) is 38.3 Å². The summed E-state index contributed by atoms with van der Waals surface area (Å²) in [6.07, 6.45) is 1.27. The maximum absolute atomic E-state index is 13.1. The fraction of sp³-hybridized carbons (Fsp3) is 0.381. The van der Waals surface area contributed by atoms with E-state index in [4.69, 9.17) is 0 Å². The van der Waals surface area contributed by atoms with E-state index in [2.05, 4.69) is 5.32 Å². The molecule has 2 aromatic carbocycles. The van der Waals surface area contributed by atoms with Crippen LogP contribution in [0, 0.1) is 11.7 Å². The van der Waals surface area contributed by atoms with Crippen molar-refractivity contribution in [1.29, 1.82) is 0 Å². The van der Waals surface area contributed by atoms with E-state index in [0.29, 0.717) is 25.9 Å². The van der Waals surface area contributed by atoms with Crippen LogP contribution < -0.4 is 5.32 Å². The van der Waals surface area contributed by atoms with Crippen LogP contribution in [0.2, 0.25) is 0 Å². The molecule has 3 rings (SSSR count). The maximum atomic E-state index is 13.1. The van der Waals surface area contributed by atoms with Crippen LogP contribution in [0.15, 0.2) is 59.5 Å². The molecule has 1 aliphatic rings. The van der Waals surface area contributed by atoms with Crippen molar-refractivity contribution in [3.63, 3.8) is 0 Å². The predicted molar refractivity (Wildman–Crippen MR) is 106 cm³/mol. The predicted octanol–water partition coefficient (Wildman–Crippen LogP) is 3.15. The number of halogens is 1. The molecule has 2 atom stereocenters. The van der Waals surface area contributed by atoms with E-state index in [0.717, 1.165) is 17.7 Å². The highest BCUT2D eigenvalue weighted by atomic mass is 32.2. The molecule has 2 aromatic rings. The Labute approximate surface area is 165 Å². The highest BCUT2D eigenvalue weighted by Gasteiger charge is 2.33. The number of benzene rings is 2. The van der Waals surface area contributed by atoms with Crippen molar-refractivity contribution in [1.82, 2.24) is 9.62 Å². The van der Waals surface area contributed by atoms with E-state index in [-0.39, 0.29) is 29.2 Å². The van der Waals surface area contributed by atoms with Crippen molar-refractivity contribution in [3.05, 3.63) is 66.0 Å². The van der Waals surface area contributed by atoms with Gasteiger partial charge in [-0.25, -0.2) is 12.8 Å². The third kappa shape index (κ3) is 4.77. The Balaban J connectivity index is 1.61. The van der Waals surface area contributed by atoms with Gasteiger partial charge in [-0.3, -0.25) is 4.79 Å². The Morgan fingerprint density at radius 1 is 1.18 bits per heavy atom. The molecule has 1 heterocycles. The van der Waals surface area contributed by atoms with Gasteiger partial charge in [-0.2, -0.15) is 4.31 Å². The molecule has 1 aliphatic heterocycles. The number of carbonyl (C=O) groups excluding carboxylic acids is 1. The highest BCUT2D eigenvalue weighted by molar-refractivity contribution is 7.89. The minimum atomic E-state index is -3.73. The van der Waals surface area contributed by atoms with E-state index in [1.807, 2.05) is 37.3 Å². The smallest absolute Gasteiger partial charge is 0.243 e. The first-order valence-electron chi connectivity index (χ1n) is 9.46. The molecule has 1 N–H and O–H groups in total. The lowest BCUT2D eigenvalue weighted by Crippen LogP contribution is -2.45. The SMILES string of the molecule is C[C@@H](CNC(=O)[C@@H]1CCCN(S(=O)(=O)c2ccc(F)cc2)C1)c1ccccc1. The van der Waals surface area contributed by atoms with E-state index < -0.39 is 15.8 Å². The summed E-state index contributed by atoms with van der Waals surface area (Å²) >= 11 is 0. The summed E-state index contributed by atoms with van der Waals surface area (Å²) in [5, 5.41) is 2.96. The third-order valence-corrected chi connectivity index (χ3v) is 7.04. The number of sulfonamides is 1. The second-order valence-electron chi connectivity index (χ2n) is 7.21. The molecule has 28 heavy (non-hydrogen) atoms. The number of nitrogens with one attached hydrogen (secondary N) is 1. The summed E-state index contributed by atoms with van der Waals surface area (Å²) < 4.78 is 40.0. The van der Waals surface area contributed by atoms with Crippen LogP contribution in [0.25, 0.3) is 0 Å². The van der Waals surface area contributed by atoms with Gasteiger partial charge in [0, 0.05) is 19.6 Å². The molecule has 0 spiro atoms. The lowest BCUT2D eigenvalue weighted by atomic mass is 9.97. The summed E-state index contributed by atoms with van der Waals surface area (Å²) in [5.41, 5.74) is 1.15. The van der Waals surface area contributed by atoms with Crippen molar-refractivity contribution in [2.75, 3.05) is 19.6 Å². The van der Waals surface area contributed by atoms with Gasteiger partial charge < -0.3 is 5.32 Å². The molecular formula is C21H25FN2O3S. The van der Waals surface area contributed by atoms with Gasteiger partial charge in [-0.15, -0.1) is 0 Å². The van der Waals surface area contributed by atoms with Crippen LogP contribution in [-0.2, 0) is 14.8 Å². The standard InChI is InChI=1S/C21H25FN2O3S/c1-16(17-6-3-2-4-7-17)14-23-21(25)18-8-5-13-24(15-18)28(26,27)20-11-9-19(22)10-12-20/h2-4,6-7,9-12,16,18H,5,8,13-15H2,1H3,(H,23,25)/t16-,18+/m0/s1. The van der Waals surface area contributed by atoms with Gasteiger partial charge in [0.25, 0.3) is 0 Å². The van der Waals surface area contributed by atoms with Crippen LogP contribution in [0.4, 0.5) is 4.39 Å². The monoisotopic (exact) mass is 404 g/mol. The lowest BCUT2D eigenvalue weighted by molar-refractivity contribution is -0.126. The number of hydrogen-bond acceptors (Lipinski definition) is 3. The van der Waals surface area contributed by atoms with Gasteiger partial charge in [0.15, 0.2) is 0 Å². The van der Waals surface area contributed by atoms with Crippen molar-refractivity contribution in [2.45, 2.75) is 30.6 Å². The zero-order valence-corrected chi connectivity index (χ0v) is 16.7. The van der Waals surface area contributed by atoms with Crippen molar-refractivity contribution in [3.8, 4) is 0 Å². The first-order chi connectivity index (χ1) is 13.4. The van der Waals surface area contributed by atoms with E-state index >= 15 is 0 Å². The first kappa shape index (κ1) is 20.5. The average molecular weight is 405 g/mol. The van der Waals surface area contributed by atoms with E-state index in [1.165, 1.54) is 16.4 Å². The Morgan fingerprint density at radius 3 is 2.54 bits per heavy atom. The second-order valence-corrected chi connectivity index (χ2v) is 9.15. The minimum Gasteiger partial charge on any atom is -0.355 e. The molecule has 1 amide bonds. The number of piperidine rings is 1. The summed E-state index contributed by atoms with van der Waals surface area (Å²) in [6, 6.07) is 14.7. The van der Waals surface area contributed by atoms with Crippen LogP contribution >= 0.6 is 0 Å². The van der Waals surface area contributed by atoms with Gasteiger partial charge in [0.05, 0.1) is 10.8 Å². The molecule has 0 saturated carbocycles. The number of hydrogen-bond donors (Lipinski definition) is 1. The number of rotatable bonds is 6. The molecular weight excluding hydrogens is 379 g/mol. The van der Waals surface area contributed by atoms with Gasteiger partial charge in [0.1, 0.15) is 5.82 Å². The highest BCUT2D eigenvalue weighted by Crippen LogP contribution is 2.24. The van der Waals surface area contributed by atoms with Gasteiger partial charge >= 0.3 is 0 Å². The fourth-order valence-electron chi connectivity index (χ4n) is 3.43. The largest absolute Gasteiger partial charge is 0.355 e. The zero-order chi connectivity index (χ0) is 20.1. The summed E-state index contributed by atoms with van der Waals surface area (Å²) in [5.74, 6) is -0.816. The van der Waals surface area contributed by atoms with Gasteiger partial charge in [0.2, 0.25) is 15.9 Å². The molecule has 0 radical (unpaired) electrons. The molecule has 5 nitrogen and oxygen atoms in total. The molecule has 0 bridgehead atoms. The Hall–Kier alpha value is -2.25. The number of carbonyl (C=O) groups is 1. The van der Waals surface area contributed by atoms with Crippen molar-refractivity contribution >= 4 is 15.9 Å². The molecule has 1 fully saturated rings. The topological polar surface area (TPSA) is 66.5 Å².